The Kier molecular flexibility index (Phi) is 7.62. The molecule has 0 spiro atoms. The molecule has 0 N–H and O–H groups in total. The predicted molar refractivity (Wildman–Crippen MR) is 51.0 cm³/mol. The number of carbonyl (C=O) groups excluding carboxylic acids is 2. The molecule has 1 aliphatic rings. The molecule has 0 saturated heterocycles. The Bertz CT molecular complexity index is 140. The van der Waals surface area contributed by atoms with Gasteiger partial charge in [-0.05, 0) is 18.3 Å². The third-order valence-electron chi connectivity index (χ3n) is 2.53. The van der Waals surface area contributed by atoms with E-state index < -0.39 is 0 Å². The van der Waals surface area contributed by atoms with Gasteiger partial charge in [-0.15, -0.1) is 0 Å². The van der Waals surface area contributed by atoms with Gasteiger partial charge in [0, 0.05) is 0 Å². The Morgan fingerprint density at radius 3 is 2.00 bits per heavy atom. The van der Waals surface area contributed by atoms with E-state index in [-0.39, 0.29) is 6.15 Å². The van der Waals surface area contributed by atoms with E-state index >= 15 is 0 Å². The van der Waals surface area contributed by atoms with Gasteiger partial charge in [-0.25, -0.2) is 0 Å². The van der Waals surface area contributed by atoms with Gasteiger partial charge in [0.1, 0.15) is 0 Å². The van der Waals surface area contributed by atoms with Crippen molar-refractivity contribution in [1.29, 1.82) is 0 Å². The molecule has 13 heavy (non-hydrogen) atoms. The van der Waals surface area contributed by atoms with Gasteiger partial charge in [0.2, 0.25) is 0 Å². The van der Waals surface area contributed by atoms with Crippen LogP contribution in [0.25, 0.3) is 0 Å². The van der Waals surface area contributed by atoms with Crippen LogP contribution in [0.1, 0.15) is 52.4 Å². The largest absolute Gasteiger partial charge is 0.373 e. The molecule has 0 unspecified atom stereocenters. The van der Waals surface area contributed by atoms with Crippen molar-refractivity contribution in [2.45, 2.75) is 52.4 Å². The molecule has 1 aliphatic carbocycles. The summed E-state index contributed by atoms with van der Waals surface area (Å²) in [5.74, 6) is 2.00. The SMILES string of the molecule is CC(C)CC1CCCCC1.O=C=O. The zero-order chi connectivity index (χ0) is 10.1. The van der Waals surface area contributed by atoms with Crippen molar-refractivity contribution in [3.05, 3.63) is 0 Å². The van der Waals surface area contributed by atoms with E-state index in [0.717, 1.165) is 11.8 Å². The van der Waals surface area contributed by atoms with Crippen LogP contribution in [0.4, 0.5) is 0 Å². The molecule has 0 atom stereocenters. The second kappa shape index (κ2) is 8.00. The Morgan fingerprint density at radius 2 is 1.62 bits per heavy atom. The summed E-state index contributed by atoms with van der Waals surface area (Å²) in [5.41, 5.74) is 0. The normalized spacial score (nSPS) is 17.5. The van der Waals surface area contributed by atoms with E-state index in [4.69, 9.17) is 9.59 Å². The van der Waals surface area contributed by atoms with Crippen LogP contribution in [0, 0.1) is 11.8 Å². The molecular formula is C11H20O2. The smallest absolute Gasteiger partial charge is 0.186 e. The minimum absolute atomic E-state index is 0.250. The molecule has 2 nitrogen and oxygen atoms in total. The first kappa shape index (κ1) is 12.4. The van der Waals surface area contributed by atoms with E-state index in [9.17, 15) is 0 Å². The maximum absolute atomic E-state index is 8.12. The summed E-state index contributed by atoms with van der Waals surface area (Å²) in [5, 5.41) is 0. The van der Waals surface area contributed by atoms with Crippen LogP contribution in [0.15, 0.2) is 0 Å². The van der Waals surface area contributed by atoms with Gasteiger partial charge >= 0.3 is 6.15 Å². The maximum Gasteiger partial charge on any atom is 0.373 e. The molecule has 0 aliphatic heterocycles. The van der Waals surface area contributed by atoms with Crippen LogP contribution in [-0.2, 0) is 9.59 Å². The van der Waals surface area contributed by atoms with Crippen LogP contribution >= 0.6 is 0 Å². The van der Waals surface area contributed by atoms with E-state index in [1.807, 2.05) is 0 Å². The van der Waals surface area contributed by atoms with Gasteiger partial charge < -0.3 is 0 Å². The molecule has 1 saturated carbocycles. The number of rotatable bonds is 2. The zero-order valence-corrected chi connectivity index (χ0v) is 8.71. The molecule has 0 aromatic carbocycles. The Morgan fingerprint density at radius 1 is 1.15 bits per heavy atom. The molecule has 76 valence electrons. The molecule has 0 radical (unpaired) electrons. The second-order valence-corrected chi connectivity index (χ2v) is 4.22. The van der Waals surface area contributed by atoms with Gasteiger partial charge in [-0.1, -0.05) is 46.0 Å². The molecule has 1 rings (SSSR count). The molecule has 0 heterocycles. The van der Waals surface area contributed by atoms with Gasteiger partial charge in [0.05, 0.1) is 0 Å². The van der Waals surface area contributed by atoms with Gasteiger partial charge in [0.15, 0.2) is 0 Å². The van der Waals surface area contributed by atoms with Crippen molar-refractivity contribution in [1.82, 2.24) is 0 Å². The summed E-state index contributed by atoms with van der Waals surface area (Å²) < 4.78 is 0. The van der Waals surface area contributed by atoms with E-state index in [1.165, 1.54) is 38.5 Å². The maximum atomic E-state index is 8.12. The topological polar surface area (TPSA) is 34.1 Å². The fourth-order valence-electron chi connectivity index (χ4n) is 2.09. The van der Waals surface area contributed by atoms with Crippen LogP contribution in [-0.4, -0.2) is 6.15 Å². The molecule has 0 aromatic heterocycles. The minimum Gasteiger partial charge on any atom is -0.186 e. The highest BCUT2D eigenvalue weighted by atomic mass is 16.2. The lowest BCUT2D eigenvalue weighted by Crippen LogP contribution is -2.08. The summed E-state index contributed by atoms with van der Waals surface area (Å²) in [4.78, 5) is 16.2. The fraction of sp³-hybridized carbons (Fsp3) is 0.909. The average molecular weight is 184 g/mol. The molecule has 2 heteroatoms. The average Bonchev–Trinajstić information content (AvgIpc) is 2.06. The van der Waals surface area contributed by atoms with Crippen molar-refractivity contribution in [3.8, 4) is 0 Å². The van der Waals surface area contributed by atoms with Crippen molar-refractivity contribution in [3.63, 3.8) is 0 Å². The van der Waals surface area contributed by atoms with Crippen LogP contribution < -0.4 is 0 Å². The first-order valence-corrected chi connectivity index (χ1v) is 5.20. The summed E-state index contributed by atoms with van der Waals surface area (Å²) in [6.07, 6.45) is 9.24. The van der Waals surface area contributed by atoms with Crippen molar-refractivity contribution in [2.75, 3.05) is 0 Å². The predicted octanol–water partition coefficient (Wildman–Crippen LogP) is 3.03. The lowest BCUT2D eigenvalue weighted by molar-refractivity contribution is -0.191. The van der Waals surface area contributed by atoms with Crippen LogP contribution in [0.5, 0.6) is 0 Å². The zero-order valence-electron chi connectivity index (χ0n) is 8.71. The quantitative estimate of drug-likeness (QED) is 0.661. The first-order chi connectivity index (χ1) is 6.20. The third-order valence-corrected chi connectivity index (χ3v) is 2.53. The highest BCUT2D eigenvalue weighted by Crippen LogP contribution is 2.28. The lowest BCUT2D eigenvalue weighted by atomic mass is 9.84. The van der Waals surface area contributed by atoms with Crippen molar-refractivity contribution >= 4 is 6.15 Å². The highest BCUT2D eigenvalue weighted by molar-refractivity contribution is 5.20. The van der Waals surface area contributed by atoms with Crippen molar-refractivity contribution < 1.29 is 9.59 Å². The number of hydrogen-bond donors (Lipinski definition) is 0. The molecule has 0 bridgehead atoms. The highest BCUT2D eigenvalue weighted by Gasteiger charge is 2.13. The van der Waals surface area contributed by atoms with Crippen LogP contribution in [0.2, 0.25) is 0 Å². The van der Waals surface area contributed by atoms with Crippen LogP contribution in [0.3, 0.4) is 0 Å². The van der Waals surface area contributed by atoms with Gasteiger partial charge in [-0.3, -0.25) is 0 Å². The standard InChI is InChI=1S/C10H20.CO2/c1-9(2)8-10-6-4-3-5-7-10;2-1-3/h9-10H,3-8H2,1-2H3;. The Hall–Kier alpha value is -0.620. The summed E-state index contributed by atoms with van der Waals surface area (Å²) >= 11 is 0. The second-order valence-electron chi connectivity index (χ2n) is 4.22. The van der Waals surface area contributed by atoms with Crippen molar-refractivity contribution in [2.24, 2.45) is 11.8 Å². The third kappa shape index (κ3) is 7.73. The van der Waals surface area contributed by atoms with E-state index in [1.54, 1.807) is 0 Å². The molecule has 0 aromatic rings. The monoisotopic (exact) mass is 184 g/mol. The lowest BCUT2D eigenvalue weighted by Gasteiger charge is -2.22. The van der Waals surface area contributed by atoms with E-state index in [0.29, 0.717) is 0 Å². The molecular weight excluding hydrogens is 164 g/mol. The Labute approximate surface area is 80.7 Å². The summed E-state index contributed by atoms with van der Waals surface area (Å²) in [6, 6.07) is 0. The van der Waals surface area contributed by atoms with Gasteiger partial charge in [0.25, 0.3) is 0 Å². The Balaban J connectivity index is 0.000000424. The number of hydrogen-bond acceptors (Lipinski definition) is 2. The molecule has 0 amide bonds. The minimum atomic E-state index is 0.250. The fourth-order valence-corrected chi connectivity index (χ4v) is 2.09. The van der Waals surface area contributed by atoms with Gasteiger partial charge in [-0.2, -0.15) is 9.59 Å². The first-order valence-electron chi connectivity index (χ1n) is 5.20. The van der Waals surface area contributed by atoms with E-state index in [2.05, 4.69) is 13.8 Å². The summed E-state index contributed by atoms with van der Waals surface area (Å²) in [6.45, 7) is 4.68. The summed E-state index contributed by atoms with van der Waals surface area (Å²) in [7, 11) is 0. The molecule has 1 fully saturated rings.